The highest BCUT2D eigenvalue weighted by molar-refractivity contribution is 5.89. The molecule has 2 bridgehead atoms. The summed E-state index contributed by atoms with van der Waals surface area (Å²) in [7, 11) is 0. The summed E-state index contributed by atoms with van der Waals surface area (Å²) >= 11 is 0. The fourth-order valence-electron chi connectivity index (χ4n) is 4.91. The zero-order valence-electron chi connectivity index (χ0n) is 17.5. The van der Waals surface area contributed by atoms with Crippen LogP contribution in [-0.2, 0) is 4.74 Å². The fraction of sp³-hybridized carbons (Fsp3) is 0.269. The summed E-state index contributed by atoms with van der Waals surface area (Å²) in [6, 6.07) is 24.0. The maximum atomic E-state index is 6.18. The van der Waals surface area contributed by atoms with Gasteiger partial charge in [-0.05, 0) is 42.7 Å². The van der Waals surface area contributed by atoms with Gasteiger partial charge in [0.1, 0.15) is 0 Å². The minimum atomic E-state index is 0.161. The number of hydrogen-bond donors (Lipinski definition) is 1. The van der Waals surface area contributed by atoms with Gasteiger partial charge in [0.15, 0.2) is 0 Å². The summed E-state index contributed by atoms with van der Waals surface area (Å²) < 4.78 is 14.0. The number of para-hydroxylation sites is 1. The van der Waals surface area contributed by atoms with Crippen LogP contribution in [0.5, 0.6) is 5.88 Å². The molecule has 4 aromatic rings. The third kappa shape index (κ3) is 3.21. The lowest BCUT2D eigenvalue weighted by atomic mass is 10.0. The maximum Gasteiger partial charge on any atom is 0.213 e. The van der Waals surface area contributed by atoms with Gasteiger partial charge >= 0.3 is 0 Å². The summed E-state index contributed by atoms with van der Waals surface area (Å²) in [4.78, 5) is 4.49. The molecule has 156 valence electrons. The van der Waals surface area contributed by atoms with E-state index in [4.69, 9.17) is 9.47 Å². The minimum absolute atomic E-state index is 0.161. The number of ether oxygens (including phenoxy) is 2. The highest BCUT2D eigenvalue weighted by Crippen LogP contribution is 2.38. The Morgan fingerprint density at radius 3 is 2.68 bits per heavy atom. The third-order valence-electron chi connectivity index (χ3n) is 6.35. The highest BCUT2D eigenvalue weighted by atomic mass is 16.5. The Morgan fingerprint density at radius 1 is 1.10 bits per heavy atom. The molecule has 5 heteroatoms. The van der Waals surface area contributed by atoms with Gasteiger partial charge in [-0.25, -0.2) is 4.98 Å². The Bertz CT molecular complexity index is 1210. The molecule has 0 spiro atoms. The van der Waals surface area contributed by atoms with Gasteiger partial charge in [0, 0.05) is 24.0 Å². The summed E-state index contributed by atoms with van der Waals surface area (Å²) in [5.74, 6) is 0.646. The van der Waals surface area contributed by atoms with Gasteiger partial charge in [-0.15, -0.1) is 0 Å². The number of nitrogens with one attached hydrogen (secondary N) is 1. The predicted molar refractivity (Wildman–Crippen MR) is 122 cm³/mol. The van der Waals surface area contributed by atoms with Gasteiger partial charge < -0.3 is 19.4 Å². The lowest BCUT2D eigenvalue weighted by Crippen LogP contribution is -2.33. The van der Waals surface area contributed by atoms with E-state index >= 15 is 0 Å². The highest BCUT2D eigenvalue weighted by Gasteiger charge is 2.41. The van der Waals surface area contributed by atoms with E-state index in [1.807, 2.05) is 19.2 Å². The predicted octanol–water partition coefficient (Wildman–Crippen LogP) is 4.89. The van der Waals surface area contributed by atoms with Crippen molar-refractivity contribution in [3.05, 3.63) is 78.5 Å². The Morgan fingerprint density at radius 2 is 1.97 bits per heavy atom. The number of rotatable bonds is 5. The topological polar surface area (TPSA) is 48.3 Å². The molecule has 3 atom stereocenters. The van der Waals surface area contributed by atoms with Crippen LogP contribution in [0.4, 0.5) is 0 Å². The molecule has 4 heterocycles. The van der Waals surface area contributed by atoms with E-state index in [9.17, 15) is 0 Å². The van der Waals surface area contributed by atoms with Crippen molar-refractivity contribution in [1.82, 2.24) is 14.9 Å². The second-order valence-corrected chi connectivity index (χ2v) is 8.26. The average Bonchev–Trinajstić information content (AvgIpc) is 3.54. The van der Waals surface area contributed by atoms with Crippen molar-refractivity contribution in [3.8, 4) is 22.8 Å². The van der Waals surface area contributed by atoms with Crippen molar-refractivity contribution in [2.75, 3.05) is 13.2 Å². The quantitative estimate of drug-likeness (QED) is 0.508. The van der Waals surface area contributed by atoms with Crippen molar-refractivity contribution in [3.63, 3.8) is 0 Å². The molecule has 2 aliphatic rings. The van der Waals surface area contributed by atoms with Crippen LogP contribution in [0.1, 0.15) is 25.0 Å². The SMILES string of the molecule is CCOc1ccc(-n2c(-c3ccc([C@H]4O[C@@H]5CN[C@H]4C5)cc3)cc3ccccc32)cn1. The Balaban J connectivity index is 1.40. The third-order valence-corrected chi connectivity index (χ3v) is 6.35. The van der Waals surface area contributed by atoms with Gasteiger partial charge in [0.05, 0.1) is 41.9 Å². The molecule has 2 fully saturated rings. The summed E-state index contributed by atoms with van der Waals surface area (Å²) in [5, 5.41) is 4.77. The van der Waals surface area contributed by atoms with Crippen molar-refractivity contribution < 1.29 is 9.47 Å². The van der Waals surface area contributed by atoms with Crippen molar-refractivity contribution in [1.29, 1.82) is 0 Å². The standard InChI is InChI=1S/C26H25N3O2/c1-2-30-25-12-11-20(15-28-25)29-23-6-4-3-5-19(23)13-24(29)17-7-9-18(10-8-17)26-22-14-21(31-26)16-27-22/h3-13,15,21-22,26-27H,2,14,16H2,1H3/t21-,22-,26+/m0/s1. The molecule has 5 nitrogen and oxygen atoms in total. The van der Waals surface area contributed by atoms with Crippen LogP contribution >= 0.6 is 0 Å². The Labute approximate surface area is 181 Å². The maximum absolute atomic E-state index is 6.18. The molecule has 31 heavy (non-hydrogen) atoms. The largest absolute Gasteiger partial charge is 0.478 e. The number of hydrogen-bond acceptors (Lipinski definition) is 4. The first kappa shape index (κ1) is 18.6. The zero-order chi connectivity index (χ0) is 20.8. The lowest BCUT2D eigenvalue weighted by molar-refractivity contribution is 0.0160. The zero-order valence-corrected chi connectivity index (χ0v) is 17.5. The number of aromatic nitrogens is 2. The van der Waals surface area contributed by atoms with Crippen molar-refractivity contribution in [2.45, 2.75) is 31.6 Å². The van der Waals surface area contributed by atoms with E-state index in [0.717, 1.165) is 29.9 Å². The Hall–Kier alpha value is -3.15. The number of pyridine rings is 1. The molecular weight excluding hydrogens is 386 g/mol. The molecule has 2 aromatic carbocycles. The van der Waals surface area contributed by atoms with Crippen LogP contribution < -0.4 is 10.1 Å². The van der Waals surface area contributed by atoms with E-state index < -0.39 is 0 Å². The van der Waals surface area contributed by atoms with Crippen LogP contribution in [0.3, 0.4) is 0 Å². The van der Waals surface area contributed by atoms with Crippen LogP contribution in [0.15, 0.2) is 72.9 Å². The first-order valence-corrected chi connectivity index (χ1v) is 11.0. The minimum Gasteiger partial charge on any atom is -0.478 e. The Kier molecular flexibility index (Phi) is 4.51. The first-order valence-electron chi connectivity index (χ1n) is 11.0. The van der Waals surface area contributed by atoms with Gasteiger partial charge in [-0.2, -0.15) is 0 Å². The van der Waals surface area contributed by atoms with Gasteiger partial charge in [-0.1, -0.05) is 42.5 Å². The molecular formula is C26H25N3O2. The van der Waals surface area contributed by atoms with Crippen LogP contribution in [0.2, 0.25) is 0 Å². The van der Waals surface area contributed by atoms with Crippen LogP contribution in [0, 0.1) is 0 Å². The van der Waals surface area contributed by atoms with Crippen LogP contribution in [-0.4, -0.2) is 34.8 Å². The summed E-state index contributed by atoms with van der Waals surface area (Å²) in [6.07, 6.45) is 3.52. The number of fused-ring (bicyclic) bond motifs is 3. The monoisotopic (exact) mass is 411 g/mol. The summed E-state index contributed by atoms with van der Waals surface area (Å²) in [6.45, 7) is 3.56. The molecule has 1 N–H and O–H groups in total. The molecule has 0 amide bonds. The van der Waals surface area contributed by atoms with Gasteiger partial charge in [0.25, 0.3) is 0 Å². The molecule has 0 radical (unpaired) electrons. The average molecular weight is 412 g/mol. The molecule has 0 aliphatic carbocycles. The molecule has 2 aromatic heterocycles. The van der Waals surface area contributed by atoms with E-state index in [-0.39, 0.29) is 6.10 Å². The number of morpholine rings is 1. The molecule has 0 saturated carbocycles. The fourth-order valence-corrected chi connectivity index (χ4v) is 4.91. The number of nitrogens with zero attached hydrogens (tertiary/aromatic N) is 2. The van der Waals surface area contributed by atoms with E-state index in [2.05, 4.69) is 75.5 Å². The summed E-state index contributed by atoms with van der Waals surface area (Å²) in [5.41, 5.74) is 5.74. The molecule has 2 saturated heterocycles. The van der Waals surface area contributed by atoms with E-state index in [1.54, 1.807) is 0 Å². The molecule has 2 aliphatic heterocycles. The lowest BCUT2D eigenvalue weighted by Gasteiger charge is -2.23. The van der Waals surface area contributed by atoms with E-state index in [1.165, 1.54) is 16.5 Å². The normalized spacial score (nSPS) is 22.3. The molecule has 6 rings (SSSR count). The second kappa shape index (κ2) is 7.52. The second-order valence-electron chi connectivity index (χ2n) is 8.26. The number of benzene rings is 2. The smallest absolute Gasteiger partial charge is 0.213 e. The first-order chi connectivity index (χ1) is 15.3. The van der Waals surface area contributed by atoms with Gasteiger partial charge in [-0.3, -0.25) is 0 Å². The van der Waals surface area contributed by atoms with Crippen molar-refractivity contribution >= 4 is 10.9 Å². The molecule has 0 unspecified atom stereocenters. The van der Waals surface area contributed by atoms with Gasteiger partial charge in [0.2, 0.25) is 5.88 Å². The van der Waals surface area contributed by atoms with E-state index in [0.29, 0.717) is 24.6 Å². The van der Waals surface area contributed by atoms with Crippen molar-refractivity contribution in [2.24, 2.45) is 0 Å². The van der Waals surface area contributed by atoms with Crippen LogP contribution in [0.25, 0.3) is 27.8 Å².